The lowest BCUT2D eigenvalue weighted by molar-refractivity contribution is -0.115. The molecule has 0 saturated heterocycles. The van der Waals surface area contributed by atoms with Gasteiger partial charge in [-0.1, -0.05) is 18.2 Å². The van der Waals surface area contributed by atoms with Gasteiger partial charge < -0.3 is 15.4 Å². The van der Waals surface area contributed by atoms with Crippen LogP contribution in [0.3, 0.4) is 0 Å². The second-order valence-corrected chi connectivity index (χ2v) is 8.24. The van der Waals surface area contributed by atoms with Crippen LogP contribution in [0, 0.1) is 5.82 Å². The van der Waals surface area contributed by atoms with Crippen molar-refractivity contribution in [2.75, 3.05) is 10.6 Å². The van der Waals surface area contributed by atoms with E-state index in [1.807, 2.05) is 13.0 Å². The van der Waals surface area contributed by atoms with Gasteiger partial charge in [0, 0.05) is 22.2 Å². The van der Waals surface area contributed by atoms with E-state index >= 15 is 0 Å². The van der Waals surface area contributed by atoms with Gasteiger partial charge in [0.05, 0.1) is 10.9 Å². The molecule has 0 aliphatic carbocycles. The van der Waals surface area contributed by atoms with Crippen molar-refractivity contribution in [3.05, 3.63) is 83.7 Å². The maximum absolute atomic E-state index is 13.0. The number of fused-ring (bicyclic) bond motifs is 1. The summed E-state index contributed by atoms with van der Waals surface area (Å²) in [7, 11) is 0. The first kappa shape index (κ1) is 20.0. The predicted octanol–water partition coefficient (Wildman–Crippen LogP) is 5.09. The van der Waals surface area contributed by atoms with Gasteiger partial charge in [-0.05, 0) is 55.0 Å². The summed E-state index contributed by atoms with van der Waals surface area (Å²) in [4.78, 5) is 25.5. The quantitative estimate of drug-likeness (QED) is 0.601. The molecule has 3 aromatic carbocycles. The highest BCUT2D eigenvalue weighted by Crippen LogP contribution is 2.36. The van der Waals surface area contributed by atoms with Gasteiger partial charge >= 0.3 is 0 Å². The molecule has 30 heavy (non-hydrogen) atoms. The molecule has 0 radical (unpaired) electrons. The standard InChI is InChI=1S/C23H19FN2O3S/c1-14-22(27)26-20-11-16(7-10-21(20)30-14)23(28)25-18-3-2-4-19(12-18)29-13-15-5-8-17(24)9-6-15/h2-12,14H,13H2,1H3,(H,25,28)(H,26,27). The molecule has 152 valence electrons. The number of hydrogen-bond acceptors (Lipinski definition) is 4. The third kappa shape index (κ3) is 4.63. The Morgan fingerprint density at radius 2 is 1.93 bits per heavy atom. The number of halogens is 1. The van der Waals surface area contributed by atoms with Crippen LogP contribution < -0.4 is 15.4 Å². The Labute approximate surface area is 177 Å². The number of carbonyl (C=O) groups excluding carboxylic acids is 2. The molecule has 0 spiro atoms. The Balaban J connectivity index is 1.42. The lowest BCUT2D eigenvalue weighted by atomic mass is 10.1. The largest absolute Gasteiger partial charge is 0.489 e. The van der Waals surface area contributed by atoms with E-state index in [2.05, 4.69) is 10.6 Å². The molecule has 1 aliphatic heterocycles. The minimum Gasteiger partial charge on any atom is -0.489 e. The van der Waals surface area contributed by atoms with Crippen LogP contribution >= 0.6 is 11.8 Å². The molecular weight excluding hydrogens is 403 g/mol. The molecule has 4 rings (SSSR count). The zero-order chi connectivity index (χ0) is 21.1. The minimum absolute atomic E-state index is 0.0731. The van der Waals surface area contributed by atoms with Gasteiger partial charge in [-0.15, -0.1) is 11.8 Å². The Morgan fingerprint density at radius 1 is 1.13 bits per heavy atom. The van der Waals surface area contributed by atoms with Crippen molar-refractivity contribution in [1.29, 1.82) is 0 Å². The third-order valence-corrected chi connectivity index (χ3v) is 5.76. The molecule has 3 aromatic rings. The average molecular weight is 422 g/mol. The highest BCUT2D eigenvalue weighted by Gasteiger charge is 2.23. The van der Waals surface area contributed by atoms with Gasteiger partial charge in [0.25, 0.3) is 5.91 Å². The van der Waals surface area contributed by atoms with Gasteiger partial charge in [0.2, 0.25) is 5.91 Å². The highest BCUT2D eigenvalue weighted by atomic mass is 32.2. The molecule has 1 aliphatic rings. The maximum Gasteiger partial charge on any atom is 0.255 e. The summed E-state index contributed by atoms with van der Waals surface area (Å²) in [5.41, 5.74) is 2.52. The summed E-state index contributed by atoms with van der Waals surface area (Å²) >= 11 is 1.47. The topological polar surface area (TPSA) is 67.4 Å². The fourth-order valence-corrected chi connectivity index (χ4v) is 3.89. The normalized spacial score (nSPS) is 15.1. The number of ether oxygens (including phenoxy) is 1. The van der Waals surface area contributed by atoms with Gasteiger partial charge in [-0.3, -0.25) is 9.59 Å². The van der Waals surface area contributed by atoms with Gasteiger partial charge in [-0.2, -0.15) is 0 Å². The van der Waals surface area contributed by atoms with Crippen molar-refractivity contribution < 1.29 is 18.7 Å². The first-order chi connectivity index (χ1) is 14.5. The number of thioether (sulfide) groups is 1. The highest BCUT2D eigenvalue weighted by molar-refractivity contribution is 8.00. The monoisotopic (exact) mass is 422 g/mol. The second kappa shape index (κ2) is 8.59. The van der Waals surface area contributed by atoms with Crippen LogP contribution in [0.25, 0.3) is 0 Å². The number of carbonyl (C=O) groups is 2. The molecule has 0 bridgehead atoms. The van der Waals surface area contributed by atoms with E-state index in [4.69, 9.17) is 4.74 Å². The molecule has 1 heterocycles. The molecule has 0 aromatic heterocycles. The first-order valence-corrected chi connectivity index (χ1v) is 10.3. The van der Waals surface area contributed by atoms with Crippen LogP contribution in [-0.4, -0.2) is 17.1 Å². The Bertz CT molecular complexity index is 1100. The van der Waals surface area contributed by atoms with Crippen LogP contribution in [0.2, 0.25) is 0 Å². The van der Waals surface area contributed by atoms with Crippen molar-refractivity contribution in [1.82, 2.24) is 0 Å². The van der Waals surface area contributed by atoms with Crippen LogP contribution in [0.1, 0.15) is 22.8 Å². The first-order valence-electron chi connectivity index (χ1n) is 9.38. The van der Waals surface area contributed by atoms with Gasteiger partial charge in [0.15, 0.2) is 0 Å². The lowest BCUT2D eigenvalue weighted by Crippen LogP contribution is -2.26. The predicted molar refractivity (Wildman–Crippen MR) is 116 cm³/mol. The summed E-state index contributed by atoms with van der Waals surface area (Å²) in [6, 6.07) is 18.4. The number of hydrogen-bond donors (Lipinski definition) is 2. The van der Waals surface area contributed by atoms with E-state index in [0.717, 1.165) is 10.5 Å². The SMILES string of the molecule is CC1Sc2ccc(C(=O)Nc3cccc(OCc4ccc(F)cc4)c3)cc2NC1=O. The van der Waals surface area contributed by atoms with E-state index in [1.54, 1.807) is 48.5 Å². The average Bonchev–Trinajstić information content (AvgIpc) is 2.74. The zero-order valence-corrected chi connectivity index (χ0v) is 17.0. The molecular formula is C23H19FN2O3S. The smallest absolute Gasteiger partial charge is 0.255 e. The van der Waals surface area contributed by atoms with E-state index < -0.39 is 0 Å². The summed E-state index contributed by atoms with van der Waals surface area (Å²) in [6.07, 6.45) is 0. The van der Waals surface area contributed by atoms with Crippen molar-refractivity contribution in [2.45, 2.75) is 23.7 Å². The molecule has 7 heteroatoms. The number of rotatable bonds is 5. The van der Waals surface area contributed by atoms with Gasteiger partial charge in [0.1, 0.15) is 18.2 Å². The summed E-state index contributed by atoms with van der Waals surface area (Å²) < 4.78 is 18.7. The van der Waals surface area contributed by atoms with Crippen LogP contribution in [0.5, 0.6) is 5.75 Å². The number of anilines is 2. The van der Waals surface area contributed by atoms with Crippen molar-refractivity contribution in [3.8, 4) is 5.75 Å². The second-order valence-electron chi connectivity index (χ2n) is 6.86. The summed E-state index contributed by atoms with van der Waals surface area (Å²) in [6.45, 7) is 2.13. The molecule has 1 atom stereocenters. The number of benzene rings is 3. The molecule has 2 amide bonds. The van der Waals surface area contributed by atoms with E-state index in [1.165, 1.54) is 23.9 Å². The molecule has 5 nitrogen and oxygen atoms in total. The fraction of sp³-hybridized carbons (Fsp3) is 0.130. The Kier molecular flexibility index (Phi) is 5.72. The van der Waals surface area contributed by atoms with E-state index in [0.29, 0.717) is 22.7 Å². The van der Waals surface area contributed by atoms with E-state index in [9.17, 15) is 14.0 Å². The molecule has 1 unspecified atom stereocenters. The fourth-order valence-electron chi connectivity index (χ4n) is 2.96. The maximum atomic E-state index is 13.0. The number of nitrogens with one attached hydrogen (secondary N) is 2. The minimum atomic E-state index is -0.293. The van der Waals surface area contributed by atoms with Crippen LogP contribution in [-0.2, 0) is 11.4 Å². The lowest BCUT2D eigenvalue weighted by Gasteiger charge is -2.21. The summed E-state index contributed by atoms with van der Waals surface area (Å²) in [5, 5.41) is 5.52. The molecule has 0 fully saturated rings. The number of amides is 2. The Morgan fingerprint density at radius 3 is 2.73 bits per heavy atom. The van der Waals surface area contributed by atoms with Crippen LogP contribution in [0.4, 0.5) is 15.8 Å². The van der Waals surface area contributed by atoms with Crippen LogP contribution in [0.15, 0.2) is 71.6 Å². The van der Waals surface area contributed by atoms with Crippen molar-refractivity contribution in [3.63, 3.8) is 0 Å². The molecule has 2 N–H and O–H groups in total. The van der Waals surface area contributed by atoms with Gasteiger partial charge in [-0.25, -0.2) is 4.39 Å². The van der Waals surface area contributed by atoms with Crippen molar-refractivity contribution >= 4 is 35.0 Å². The summed E-state index contributed by atoms with van der Waals surface area (Å²) in [5.74, 6) is -0.0686. The Hall–Kier alpha value is -3.32. The van der Waals surface area contributed by atoms with E-state index in [-0.39, 0.29) is 29.5 Å². The molecule has 0 saturated carbocycles. The third-order valence-electron chi connectivity index (χ3n) is 4.58. The zero-order valence-electron chi connectivity index (χ0n) is 16.1. The van der Waals surface area contributed by atoms with Crippen molar-refractivity contribution in [2.24, 2.45) is 0 Å².